The Labute approximate surface area is 92.6 Å². The van der Waals surface area contributed by atoms with Crippen LogP contribution in [0.25, 0.3) is 0 Å². The lowest BCUT2D eigenvalue weighted by Crippen LogP contribution is -2.28. The van der Waals surface area contributed by atoms with Crippen LogP contribution in [0.2, 0.25) is 0 Å². The van der Waals surface area contributed by atoms with Gasteiger partial charge in [-0.05, 0) is 6.08 Å². The minimum absolute atomic E-state index is 0.0120. The number of benzene rings is 1. The normalized spacial score (nSPS) is 21.5. The third kappa shape index (κ3) is 1.08. The van der Waals surface area contributed by atoms with E-state index in [1.165, 1.54) is 0 Å². The van der Waals surface area contributed by atoms with Crippen molar-refractivity contribution < 1.29 is 9.59 Å². The van der Waals surface area contributed by atoms with E-state index in [2.05, 4.69) is 5.73 Å². The average Bonchev–Trinajstić information content (AvgIpc) is 2.36. The second kappa shape index (κ2) is 3.16. The predicted octanol–water partition coefficient (Wildman–Crippen LogP) is 2.33. The van der Waals surface area contributed by atoms with Gasteiger partial charge in [0.2, 0.25) is 0 Å². The lowest BCUT2D eigenvalue weighted by molar-refractivity contribution is 0.0904. The Morgan fingerprint density at radius 2 is 1.81 bits per heavy atom. The third-order valence-electron chi connectivity index (χ3n) is 2.91. The van der Waals surface area contributed by atoms with Crippen molar-refractivity contribution in [2.75, 3.05) is 0 Å². The number of rotatable bonds is 0. The fourth-order valence-electron chi connectivity index (χ4n) is 2.12. The molecule has 2 heteroatoms. The van der Waals surface area contributed by atoms with Crippen molar-refractivity contribution in [3.8, 4) is 0 Å². The molecule has 1 unspecified atom stereocenters. The van der Waals surface area contributed by atoms with Gasteiger partial charge >= 0.3 is 0 Å². The highest BCUT2D eigenvalue weighted by atomic mass is 16.1. The zero-order valence-electron chi connectivity index (χ0n) is 8.44. The molecule has 0 N–H and O–H groups in total. The van der Waals surface area contributed by atoms with Gasteiger partial charge in [0.15, 0.2) is 11.6 Å². The number of allylic oxidation sites excluding steroid dienone is 3. The van der Waals surface area contributed by atoms with Crippen LogP contribution >= 0.6 is 0 Å². The number of carbonyl (C=O) groups is 2. The molecule has 0 heterocycles. The van der Waals surface area contributed by atoms with Gasteiger partial charge in [-0.3, -0.25) is 9.59 Å². The summed E-state index contributed by atoms with van der Waals surface area (Å²) in [4.78, 5) is 24.2. The van der Waals surface area contributed by atoms with Gasteiger partial charge in [-0.2, -0.15) is 0 Å². The number of carbonyl (C=O) groups excluding carboxylic acids is 2. The van der Waals surface area contributed by atoms with Crippen molar-refractivity contribution >= 4 is 11.6 Å². The van der Waals surface area contributed by atoms with E-state index in [1.807, 2.05) is 0 Å². The smallest absolute Gasteiger partial charge is 0.198 e. The molecule has 16 heavy (non-hydrogen) atoms. The van der Waals surface area contributed by atoms with Gasteiger partial charge < -0.3 is 0 Å². The summed E-state index contributed by atoms with van der Waals surface area (Å²) in [5, 5.41) is 0. The van der Waals surface area contributed by atoms with E-state index in [9.17, 15) is 9.59 Å². The maximum Gasteiger partial charge on any atom is 0.198 e. The standard InChI is InChI=1S/C14H8O2/c15-13-9-5-1-2-6-10(9)14(16)12-8-4-3-7-11(12)13/h1-7,11H. The number of ketones is 2. The zero-order valence-corrected chi connectivity index (χ0v) is 8.44. The Balaban J connectivity index is 2.31. The summed E-state index contributed by atoms with van der Waals surface area (Å²) in [6.45, 7) is 0. The van der Waals surface area contributed by atoms with E-state index in [0.29, 0.717) is 16.7 Å². The quantitative estimate of drug-likeness (QED) is 0.613. The zero-order chi connectivity index (χ0) is 11.1. The molecule has 2 aliphatic rings. The molecule has 1 aromatic rings. The maximum absolute atomic E-state index is 12.1. The Hall–Kier alpha value is -2.18. The Morgan fingerprint density at radius 1 is 1.06 bits per heavy atom. The molecule has 0 bridgehead atoms. The highest BCUT2D eigenvalue weighted by molar-refractivity contribution is 6.24. The average molecular weight is 208 g/mol. The molecule has 76 valence electrons. The number of fused-ring (bicyclic) bond motifs is 2. The first-order valence-corrected chi connectivity index (χ1v) is 5.10. The molecule has 0 amide bonds. The monoisotopic (exact) mass is 208 g/mol. The van der Waals surface area contributed by atoms with Crippen LogP contribution in [-0.4, -0.2) is 11.6 Å². The van der Waals surface area contributed by atoms with Crippen LogP contribution in [0.4, 0.5) is 0 Å². The van der Waals surface area contributed by atoms with Crippen molar-refractivity contribution in [3.63, 3.8) is 0 Å². The second-order valence-corrected chi connectivity index (χ2v) is 3.83. The summed E-state index contributed by atoms with van der Waals surface area (Å²) in [6, 6.07) is 6.95. The fraction of sp³-hybridized carbons (Fsp3) is 0.0714. The van der Waals surface area contributed by atoms with Crippen LogP contribution in [0.5, 0.6) is 0 Å². The summed E-state index contributed by atoms with van der Waals surface area (Å²) in [5.74, 6) is -0.532. The van der Waals surface area contributed by atoms with Crippen LogP contribution in [-0.2, 0) is 0 Å². The van der Waals surface area contributed by atoms with E-state index in [0.717, 1.165) is 0 Å². The van der Waals surface area contributed by atoms with Crippen molar-refractivity contribution in [2.45, 2.75) is 0 Å². The molecule has 0 radical (unpaired) electrons. The first-order chi connectivity index (χ1) is 7.79. The molecule has 1 aromatic carbocycles. The SMILES string of the molecule is O=C1C2=C=CC=CC2C(=O)c2ccccc21. The summed E-state index contributed by atoms with van der Waals surface area (Å²) in [6.07, 6.45) is 5.18. The Morgan fingerprint density at radius 3 is 2.62 bits per heavy atom. The molecule has 3 rings (SSSR count). The molecule has 0 aliphatic heterocycles. The number of hydrogen-bond acceptors (Lipinski definition) is 2. The van der Waals surface area contributed by atoms with Crippen LogP contribution < -0.4 is 0 Å². The number of hydrogen-bond donors (Lipinski definition) is 0. The van der Waals surface area contributed by atoms with E-state index in [1.54, 1.807) is 42.5 Å². The largest absolute Gasteiger partial charge is 0.293 e. The molecular weight excluding hydrogens is 200 g/mol. The molecular formula is C14H8O2. The summed E-state index contributed by atoms with van der Waals surface area (Å²) in [5.41, 5.74) is 4.36. The van der Waals surface area contributed by atoms with Crippen molar-refractivity contribution in [1.82, 2.24) is 0 Å². The number of Topliss-reactive ketones (excluding diaryl/α,β-unsaturated/α-hetero) is 2. The molecule has 2 nitrogen and oxygen atoms in total. The fourth-order valence-corrected chi connectivity index (χ4v) is 2.12. The van der Waals surface area contributed by atoms with Gasteiger partial charge in [-0.1, -0.05) is 36.4 Å². The lowest BCUT2D eigenvalue weighted by Gasteiger charge is -2.22. The van der Waals surface area contributed by atoms with Crippen molar-refractivity contribution in [1.29, 1.82) is 0 Å². The van der Waals surface area contributed by atoms with Gasteiger partial charge in [0.1, 0.15) is 0 Å². The van der Waals surface area contributed by atoms with Crippen molar-refractivity contribution in [2.24, 2.45) is 5.92 Å². The second-order valence-electron chi connectivity index (χ2n) is 3.83. The van der Waals surface area contributed by atoms with Crippen LogP contribution in [0, 0.1) is 5.92 Å². The molecule has 0 saturated heterocycles. The van der Waals surface area contributed by atoms with E-state index in [-0.39, 0.29) is 11.6 Å². The maximum atomic E-state index is 12.1. The topological polar surface area (TPSA) is 34.1 Å². The predicted molar refractivity (Wildman–Crippen MR) is 59.3 cm³/mol. The van der Waals surface area contributed by atoms with E-state index in [4.69, 9.17) is 0 Å². The third-order valence-corrected chi connectivity index (χ3v) is 2.91. The van der Waals surface area contributed by atoms with Gasteiger partial charge in [-0.25, -0.2) is 0 Å². The minimum Gasteiger partial charge on any atom is -0.293 e. The molecule has 0 aromatic heterocycles. The molecule has 0 fully saturated rings. The molecule has 0 spiro atoms. The first-order valence-electron chi connectivity index (χ1n) is 5.10. The van der Waals surface area contributed by atoms with E-state index >= 15 is 0 Å². The van der Waals surface area contributed by atoms with E-state index < -0.39 is 5.92 Å². The minimum atomic E-state index is -0.438. The Bertz CT molecular complexity index is 599. The van der Waals surface area contributed by atoms with Crippen LogP contribution in [0.1, 0.15) is 20.7 Å². The molecule has 1 atom stereocenters. The van der Waals surface area contributed by atoms with Gasteiger partial charge in [-0.15, -0.1) is 5.73 Å². The van der Waals surface area contributed by atoms with Gasteiger partial charge in [0.25, 0.3) is 0 Å². The summed E-state index contributed by atoms with van der Waals surface area (Å²) in [7, 11) is 0. The van der Waals surface area contributed by atoms with Gasteiger partial charge in [0, 0.05) is 11.1 Å². The first kappa shape index (κ1) is 9.08. The lowest BCUT2D eigenvalue weighted by atomic mass is 9.77. The van der Waals surface area contributed by atoms with Crippen LogP contribution in [0.15, 0.2) is 53.8 Å². The van der Waals surface area contributed by atoms with Gasteiger partial charge in [0.05, 0.1) is 11.5 Å². The van der Waals surface area contributed by atoms with Crippen molar-refractivity contribution in [3.05, 3.63) is 64.9 Å². The highest BCUT2D eigenvalue weighted by Gasteiger charge is 2.35. The Kier molecular flexibility index (Phi) is 1.79. The highest BCUT2D eigenvalue weighted by Crippen LogP contribution is 2.31. The summed E-state index contributed by atoms with van der Waals surface area (Å²) >= 11 is 0. The summed E-state index contributed by atoms with van der Waals surface area (Å²) < 4.78 is 0. The molecule has 2 aliphatic carbocycles. The van der Waals surface area contributed by atoms with Crippen LogP contribution in [0.3, 0.4) is 0 Å². The molecule has 0 saturated carbocycles.